The summed E-state index contributed by atoms with van der Waals surface area (Å²) in [6.07, 6.45) is 1.02. The van der Waals surface area contributed by atoms with Crippen molar-refractivity contribution in [3.8, 4) is 5.75 Å². The molecule has 104 valence electrons. The van der Waals surface area contributed by atoms with Crippen LogP contribution in [0.1, 0.15) is 28.4 Å². The largest absolute Gasteiger partial charge is 0.493 e. The fraction of sp³-hybridized carbons (Fsp3) is 0.294. The lowest BCUT2D eigenvalue weighted by Gasteiger charge is -2.14. The molecule has 1 aliphatic rings. The van der Waals surface area contributed by atoms with E-state index in [4.69, 9.17) is 4.74 Å². The first-order valence-electron chi connectivity index (χ1n) is 6.82. The van der Waals surface area contributed by atoms with Crippen molar-refractivity contribution in [2.24, 2.45) is 0 Å². The predicted octanol–water partition coefficient (Wildman–Crippen LogP) is 3.97. The van der Waals surface area contributed by atoms with Gasteiger partial charge >= 0.3 is 0 Å². The highest BCUT2D eigenvalue weighted by Crippen LogP contribution is 2.35. The molecule has 1 heterocycles. The van der Waals surface area contributed by atoms with Gasteiger partial charge in [-0.2, -0.15) is 0 Å². The standard InChI is InChI=1S/C17H17BrO2/c1-11-2-4-12(5-3-11)16(19)10-14-9-15(18)8-13-6-7-20-17(13)14/h2-5,8-9,16,19H,6-7,10H2,1H3. The Labute approximate surface area is 127 Å². The number of hydrogen-bond donors (Lipinski definition) is 1. The summed E-state index contributed by atoms with van der Waals surface area (Å²) < 4.78 is 6.76. The summed E-state index contributed by atoms with van der Waals surface area (Å²) in [7, 11) is 0. The van der Waals surface area contributed by atoms with Crippen molar-refractivity contribution >= 4 is 15.9 Å². The molecular weight excluding hydrogens is 316 g/mol. The molecule has 1 aliphatic heterocycles. The Morgan fingerprint density at radius 2 is 2.00 bits per heavy atom. The molecule has 0 radical (unpaired) electrons. The van der Waals surface area contributed by atoms with E-state index < -0.39 is 6.10 Å². The van der Waals surface area contributed by atoms with E-state index in [1.807, 2.05) is 37.3 Å². The summed E-state index contributed by atoms with van der Waals surface area (Å²) in [5.74, 6) is 0.958. The molecule has 2 aromatic carbocycles. The molecule has 1 atom stereocenters. The molecule has 0 spiro atoms. The SMILES string of the molecule is Cc1ccc(C(O)Cc2cc(Br)cc3c2OCC3)cc1. The number of aryl methyl sites for hydroxylation is 1. The summed E-state index contributed by atoms with van der Waals surface area (Å²) in [5.41, 5.74) is 4.44. The minimum absolute atomic E-state index is 0.502. The van der Waals surface area contributed by atoms with E-state index in [-0.39, 0.29) is 0 Å². The van der Waals surface area contributed by atoms with E-state index in [0.717, 1.165) is 34.4 Å². The summed E-state index contributed by atoms with van der Waals surface area (Å²) in [6.45, 7) is 2.78. The van der Waals surface area contributed by atoms with Crippen molar-refractivity contribution in [3.63, 3.8) is 0 Å². The van der Waals surface area contributed by atoms with Crippen molar-refractivity contribution in [1.82, 2.24) is 0 Å². The fourth-order valence-corrected chi connectivity index (χ4v) is 3.17. The lowest BCUT2D eigenvalue weighted by Crippen LogP contribution is -2.03. The van der Waals surface area contributed by atoms with Gasteiger partial charge in [-0.3, -0.25) is 0 Å². The molecule has 1 N–H and O–H groups in total. The molecule has 2 nitrogen and oxygen atoms in total. The first-order valence-corrected chi connectivity index (χ1v) is 7.61. The lowest BCUT2D eigenvalue weighted by molar-refractivity contribution is 0.177. The molecule has 1 unspecified atom stereocenters. The Bertz CT molecular complexity index is 620. The molecule has 0 aliphatic carbocycles. The number of halogens is 1. The maximum absolute atomic E-state index is 10.4. The van der Waals surface area contributed by atoms with Crippen LogP contribution in [-0.2, 0) is 12.8 Å². The molecular formula is C17H17BrO2. The molecule has 3 heteroatoms. The van der Waals surface area contributed by atoms with Crippen LogP contribution in [0.15, 0.2) is 40.9 Å². The van der Waals surface area contributed by atoms with E-state index in [0.29, 0.717) is 6.42 Å². The highest BCUT2D eigenvalue weighted by molar-refractivity contribution is 9.10. The van der Waals surface area contributed by atoms with E-state index in [1.165, 1.54) is 11.1 Å². The Hall–Kier alpha value is -1.32. The van der Waals surface area contributed by atoms with E-state index >= 15 is 0 Å². The molecule has 3 rings (SSSR count). The number of aliphatic hydroxyl groups is 1. The second-order valence-electron chi connectivity index (χ2n) is 5.28. The van der Waals surface area contributed by atoms with Gasteiger partial charge in [0.1, 0.15) is 5.75 Å². The summed E-state index contributed by atoms with van der Waals surface area (Å²) in [6, 6.07) is 12.2. The summed E-state index contributed by atoms with van der Waals surface area (Å²) >= 11 is 3.53. The van der Waals surface area contributed by atoms with Crippen molar-refractivity contribution < 1.29 is 9.84 Å². The van der Waals surface area contributed by atoms with Gasteiger partial charge in [0, 0.05) is 17.3 Å². The van der Waals surface area contributed by atoms with Crippen molar-refractivity contribution in [3.05, 3.63) is 63.1 Å². The smallest absolute Gasteiger partial charge is 0.125 e. The van der Waals surface area contributed by atoms with Gasteiger partial charge in [-0.1, -0.05) is 45.8 Å². The predicted molar refractivity (Wildman–Crippen MR) is 83.2 cm³/mol. The maximum atomic E-state index is 10.4. The van der Waals surface area contributed by atoms with E-state index in [1.54, 1.807) is 0 Å². The topological polar surface area (TPSA) is 29.5 Å². The van der Waals surface area contributed by atoms with Gasteiger partial charge in [0.15, 0.2) is 0 Å². The van der Waals surface area contributed by atoms with Crippen LogP contribution in [0.2, 0.25) is 0 Å². The number of fused-ring (bicyclic) bond motifs is 1. The summed E-state index contributed by atoms with van der Waals surface area (Å²) in [4.78, 5) is 0. The lowest BCUT2D eigenvalue weighted by atomic mass is 9.98. The highest BCUT2D eigenvalue weighted by atomic mass is 79.9. The van der Waals surface area contributed by atoms with Gasteiger partial charge in [0.2, 0.25) is 0 Å². The van der Waals surface area contributed by atoms with Crippen molar-refractivity contribution in [2.45, 2.75) is 25.9 Å². The third-order valence-electron chi connectivity index (χ3n) is 3.70. The molecule has 20 heavy (non-hydrogen) atoms. The third kappa shape index (κ3) is 2.74. The van der Waals surface area contributed by atoms with Gasteiger partial charge in [-0.25, -0.2) is 0 Å². The quantitative estimate of drug-likeness (QED) is 0.921. The van der Waals surface area contributed by atoms with Gasteiger partial charge in [0.25, 0.3) is 0 Å². The second kappa shape index (κ2) is 5.58. The minimum Gasteiger partial charge on any atom is -0.493 e. The molecule has 0 bridgehead atoms. The normalized spacial score (nSPS) is 14.8. The van der Waals surface area contributed by atoms with Gasteiger partial charge in [-0.05, 0) is 35.7 Å². The zero-order valence-electron chi connectivity index (χ0n) is 11.4. The van der Waals surface area contributed by atoms with Crippen LogP contribution in [0.25, 0.3) is 0 Å². The maximum Gasteiger partial charge on any atom is 0.125 e. The van der Waals surface area contributed by atoms with Gasteiger partial charge < -0.3 is 9.84 Å². The highest BCUT2D eigenvalue weighted by Gasteiger charge is 2.20. The molecule has 2 aromatic rings. The third-order valence-corrected chi connectivity index (χ3v) is 4.16. The number of benzene rings is 2. The summed E-state index contributed by atoms with van der Waals surface area (Å²) in [5, 5.41) is 10.4. The van der Waals surface area contributed by atoms with Crippen molar-refractivity contribution in [1.29, 1.82) is 0 Å². The fourth-order valence-electron chi connectivity index (χ4n) is 2.61. The molecule has 0 fully saturated rings. The first kappa shape index (κ1) is 13.7. The van der Waals surface area contributed by atoms with Crippen LogP contribution >= 0.6 is 15.9 Å². The average molecular weight is 333 g/mol. The monoisotopic (exact) mass is 332 g/mol. The molecule has 0 amide bonds. The first-order chi connectivity index (χ1) is 9.63. The van der Waals surface area contributed by atoms with Crippen LogP contribution in [0.3, 0.4) is 0 Å². The Morgan fingerprint density at radius 1 is 1.25 bits per heavy atom. The van der Waals surface area contributed by atoms with Crippen LogP contribution in [0.4, 0.5) is 0 Å². The number of rotatable bonds is 3. The van der Waals surface area contributed by atoms with Crippen LogP contribution in [-0.4, -0.2) is 11.7 Å². The van der Waals surface area contributed by atoms with Gasteiger partial charge in [0.05, 0.1) is 12.7 Å². The van der Waals surface area contributed by atoms with Gasteiger partial charge in [-0.15, -0.1) is 0 Å². The Morgan fingerprint density at radius 3 is 2.75 bits per heavy atom. The zero-order chi connectivity index (χ0) is 14.1. The Balaban J connectivity index is 1.86. The van der Waals surface area contributed by atoms with E-state index in [9.17, 15) is 5.11 Å². The number of hydrogen-bond acceptors (Lipinski definition) is 2. The van der Waals surface area contributed by atoms with Crippen LogP contribution < -0.4 is 4.74 Å². The molecule has 0 aromatic heterocycles. The van der Waals surface area contributed by atoms with Crippen molar-refractivity contribution in [2.75, 3.05) is 6.61 Å². The average Bonchev–Trinajstić information content (AvgIpc) is 2.87. The minimum atomic E-state index is -0.502. The number of ether oxygens (including phenoxy) is 1. The molecule has 0 saturated carbocycles. The second-order valence-corrected chi connectivity index (χ2v) is 6.20. The van der Waals surface area contributed by atoms with E-state index in [2.05, 4.69) is 22.0 Å². The molecule has 0 saturated heterocycles. The van der Waals surface area contributed by atoms with Crippen LogP contribution in [0.5, 0.6) is 5.75 Å². The zero-order valence-corrected chi connectivity index (χ0v) is 13.0. The Kier molecular flexibility index (Phi) is 3.81. The number of aliphatic hydroxyl groups excluding tert-OH is 1. The van der Waals surface area contributed by atoms with Crippen LogP contribution in [0, 0.1) is 6.92 Å².